The fourth-order valence-corrected chi connectivity index (χ4v) is 2.76. The largest absolute Gasteiger partial charge is 0.335 e. The summed E-state index contributed by atoms with van der Waals surface area (Å²) < 4.78 is 0. The lowest BCUT2D eigenvalue weighted by atomic mass is 9.92. The van der Waals surface area contributed by atoms with Gasteiger partial charge in [-0.3, -0.25) is 4.79 Å². The third-order valence-electron chi connectivity index (χ3n) is 3.65. The van der Waals surface area contributed by atoms with Crippen LogP contribution in [0.3, 0.4) is 0 Å². The second-order valence-corrected chi connectivity index (χ2v) is 5.79. The van der Waals surface area contributed by atoms with Crippen LogP contribution in [0, 0.1) is 5.92 Å². The molecule has 18 heavy (non-hydrogen) atoms. The highest BCUT2D eigenvalue weighted by molar-refractivity contribution is 6.30. The molecule has 1 aliphatic heterocycles. The van der Waals surface area contributed by atoms with Gasteiger partial charge in [0.2, 0.25) is 5.91 Å². The summed E-state index contributed by atoms with van der Waals surface area (Å²) in [6.07, 6.45) is 2.84. The maximum absolute atomic E-state index is 12.1. The third kappa shape index (κ3) is 3.05. The summed E-state index contributed by atoms with van der Waals surface area (Å²) in [4.78, 5) is 14.1. The highest BCUT2D eigenvalue weighted by atomic mass is 35.5. The Balaban J connectivity index is 2.13. The number of halogens is 1. The topological polar surface area (TPSA) is 20.3 Å². The highest BCUT2D eigenvalue weighted by Gasteiger charge is 2.29. The van der Waals surface area contributed by atoms with Crippen LogP contribution in [-0.4, -0.2) is 16.8 Å². The van der Waals surface area contributed by atoms with Gasteiger partial charge in [-0.05, 0) is 36.5 Å². The standard InChI is InChI=1S/C15H20ClNO/c1-11(2)14-4-3-5-15(18)17(14)10-12-6-8-13(16)9-7-12/h6-9,11,14H,3-5,10H2,1-2H3. The molecule has 0 N–H and O–H groups in total. The van der Waals surface area contributed by atoms with Crippen molar-refractivity contribution < 1.29 is 4.79 Å². The van der Waals surface area contributed by atoms with E-state index in [4.69, 9.17) is 11.6 Å². The molecule has 1 unspecified atom stereocenters. The number of carbonyl (C=O) groups excluding carboxylic acids is 1. The lowest BCUT2D eigenvalue weighted by Gasteiger charge is -2.38. The molecule has 3 heteroatoms. The molecule has 1 aromatic carbocycles. The van der Waals surface area contributed by atoms with Crippen LogP contribution < -0.4 is 0 Å². The molecule has 0 aromatic heterocycles. The van der Waals surface area contributed by atoms with Gasteiger partial charge in [-0.25, -0.2) is 0 Å². The van der Waals surface area contributed by atoms with Gasteiger partial charge in [0, 0.05) is 24.0 Å². The van der Waals surface area contributed by atoms with Crippen LogP contribution in [0.15, 0.2) is 24.3 Å². The number of piperidine rings is 1. The molecule has 1 fully saturated rings. The zero-order valence-corrected chi connectivity index (χ0v) is 11.8. The minimum atomic E-state index is 0.287. The SMILES string of the molecule is CC(C)C1CCCC(=O)N1Cc1ccc(Cl)cc1. The summed E-state index contributed by atoms with van der Waals surface area (Å²) in [5, 5.41) is 0.740. The summed E-state index contributed by atoms with van der Waals surface area (Å²) in [7, 11) is 0. The molecule has 1 aromatic rings. The van der Waals surface area contributed by atoms with Gasteiger partial charge in [0.05, 0.1) is 0 Å². The van der Waals surface area contributed by atoms with Crippen molar-refractivity contribution in [2.45, 2.75) is 45.7 Å². The first-order chi connectivity index (χ1) is 8.58. The van der Waals surface area contributed by atoms with E-state index < -0.39 is 0 Å². The first-order valence-corrected chi connectivity index (χ1v) is 6.99. The zero-order chi connectivity index (χ0) is 13.1. The number of benzene rings is 1. The quantitative estimate of drug-likeness (QED) is 0.812. The molecule has 1 aliphatic rings. The van der Waals surface area contributed by atoms with Crippen LogP contribution in [-0.2, 0) is 11.3 Å². The maximum atomic E-state index is 12.1. The highest BCUT2D eigenvalue weighted by Crippen LogP contribution is 2.26. The molecule has 0 aliphatic carbocycles. The van der Waals surface area contributed by atoms with Crippen LogP contribution in [0.4, 0.5) is 0 Å². The van der Waals surface area contributed by atoms with E-state index in [9.17, 15) is 4.79 Å². The van der Waals surface area contributed by atoms with Crippen LogP contribution >= 0.6 is 11.6 Å². The Hall–Kier alpha value is -1.02. The van der Waals surface area contributed by atoms with Crippen LogP contribution in [0.5, 0.6) is 0 Å². The van der Waals surface area contributed by atoms with Crippen molar-refractivity contribution in [3.8, 4) is 0 Å². The minimum absolute atomic E-state index is 0.287. The van der Waals surface area contributed by atoms with Gasteiger partial charge in [0.25, 0.3) is 0 Å². The van der Waals surface area contributed by atoms with Crippen molar-refractivity contribution >= 4 is 17.5 Å². The monoisotopic (exact) mass is 265 g/mol. The number of carbonyl (C=O) groups is 1. The number of likely N-dealkylation sites (tertiary alicyclic amines) is 1. The fraction of sp³-hybridized carbons (Fsp3) is 0.533. The normalized spacial score (nSPS) is 20.6. The van der Waals surface area contributed by atoms with Gasteiger partial charge in [-0.2, -0.15) is 0 Å². The molecule has 2 nitrogen and oxygen atoms in total. The van der Waals surface area contributed by atoms with Crippen LogP contribution in [0.2, 0.25) is 5.02 Å². The smallest absolute Gasteiger partial charge is 0.223 e. The number of amides is 1. The summed E-state index contributed by atoms with van der Waals surface area (Å²) in [6, 6.07) is 8.15. The predicted octanol–water partition coefficient (Wildman–Crippen LogP) is 3.88. The third-order valence-corrected chi connectivity index (χ3v) is 3.90. The molecule has 1 atom stereocenters. The molecule has 1 heterocycles. The lowest BCUT2D eigenvalue weighted by Crippen LogP contribution is -2.45. The van der Waals surface area contributed by atoms with Gasteiger partial charge in [0.15, 0.2) is 0 Å². The van der Waals surface area contributed by atoms with Gasteiger partial charge < -0.3 is 4.90 Å². The predicted molar refractivity (Wildman–Crippen MR) is 74.5 cm³/mol. The Bertz CT molecular complexity index is 413. The van der Waals surface area contributed by atoms with Crippen molar-refractivity contribution in [2.75, 3.05) is 0 Å². The van der Waals surface area contributed by atoms with E-state index in [-0.39, 0.29) is 5.91 Å². The summed E-state index contributed by atoms with van der Waals surface area (Å²) in [5.74, 6) is 0.802. The number of hydrogen-bond donors (Lipinski definition) is 0. The second kappa shape index (κ2) is 5.75. The van der Waals surface area contributed by atoms with Crippen molar-refractivity contribution in [3.05, 3.63) is 34.9 Å². The van der Waals surface area contributed by atoms with E-state index in [1.54, 1.807) is 0 Å². The number of nitrogens with zero attached hydrogens (tertiary/aromatic N) is 1. The molecular weight excluding hydrogens is 246 g/mol. The van der Waals surface area contributed by atoms with Gasteiger partial charge in [-0.15, -0.1) is 0 Å². The molecule has 0 saturated carbocycles. The van der Waals surface area contributed by atoms with E-state index in [2.05, 4.69) is 13.8 Å². The Kier molecular flexibility index (Phi) is 4.28. The second-order valence-electron chi connectivity index (χ2n) is 5.35. The lowest BCUT2D eigenvalue weighted by molar-refractivity contribution is -0.138. The van der Waals surface area contributed by atoms with Crippen molar-refractivity contribution in [2.24, 2.45) is 5.92 Å². The Morgan fingerprint density at radius 1 is 1.33 bits per heavy atom. The molecule has 0 radical (unpaired) electrons. The first-order valence-electron chi connectivity index (χ1n) is 6.62. The fourth-order valence-electron chi connectivity index (χ4n) is 2.63. The Morgan fingerprint density at radius 2 is 2.00 bits per heavy atom. The molecule has 2 rings (SSSR count). The van der Waals surface area contributed by atoms with Crippen LogP contribution in [0.1, 0.15) is 38.7 Å². The van der Waals surface area contributed by atoms with E-state index in [0.29, 0.717) is 24.9 Å². The number of rotatable bonds is 3. The van der Waals surface area contributed by atoms with E-state index in [1.165, 1.54) is 0 Å². The molecule has 1 saturated heterocycles. The first kappa shape index (κ1) is 13.4. The average molecular weight is 266 g/mol. The van der Waals surface area contributed by atoms with Crippen molar-refractivity contribution in [3.63, 3.8) is 0 Å². The van der Waals surface area contributed by atoms with Gasteiger partial charge in [-0.1, -0.05) is 37.6 Å². The molecule has 1 amide bonds. The van der Waals surface area contributed by atoms with Crippen molar-refractivity contribution in [1.82, 2.24) is 4.90 Å². The molecule has 98 valence electrons. The zero-order valence-electron chi connectivity index (χ0n) is 11.0. The number of hydrogen-bond acceptors (Lipinski definition) is 1. The summed E-state index contributed by atoms with van der Waals surface area (Å²) in [6.45, 7) is 5.09. The molecule has 0 spiro atoms. The minimum Gasteiger partial charge on any atom is -0.335 e. The van der Waals surface area contributed by atoms with E-state index in [1.807, 2.05) is 29.2 Å². The van der Waals surface area contributed by atoms with Gasteiger partial charge >= 0.3 is 0 Å². The summed E-state index contributed by atoms with van der Waals surface area (Å²) in [5.41, 5.74) is 1.15. The van der Waals surface area contributed by atoms with Crippen LogP contribution in [0.25, 0.3) is 0 Å². The van der Waals surface area contributed by atoms with E-state index >= 15 is 0 Å². The maximum Gasteiger partial charge on any atom is 0.223 e. The van der Waals surface area contributed by atoms with Crippen molar-refractivity contribution in [1.29, 1.82) is 0 Å². The molecular formula is C15H20ClNO. The van der Waals surface area contributed by atoms with Gasteiger partial charge in [0.1, 0.15) is 0 Å². The average Bonchev–Trinajstić information content (AvgIpc) is 2.34. The van der Waals surface area contributed by atoms with E-state index in [0.717, 1.165) is 23.4 Å². The Morgan fingerprint density at radius 3 is 2.61 bits per heavy atom. The molecule has 0 bridgehead atoms. The summed E-state index contributed by atoms with van der Waals surface area (Å²) >= 11 is 5.88. The Labute approximate surface area is 114 Å².